The summed E-state index contributed by atoms with van der Waals surface area (Å²) in [6.07, 6.45) is 0. The molecule has 0 saturated carbocycles. The molecule has 21 heavy (non-hydrogen) atoms. The fourth-order valence-electron chi connectivity index (χ4n) is 1.97. The minimum Gasteiger partial charge on any atom is -0.380 e. The second-order valence-electron chi connectivity index (χ2n) is 4.94. The van der Waals surface area contributed by atoms with Gasteiger partial charge in [-0.1, -0.05) is 17.3 Å². The van der Waals surface area contributed by atoms with E-state index in [0.29, 0.717) is 12.2 Å². The van der Waals surface area contributed by atoms with Crippen LogP contribution in [0.15, 0.2) is 33.7 Å². The number of nitrogens with zero attached hydrogens (tertiary/aromatic N) is 2. The molecule has 2 aromatic rings. The summed E-state index contributed by atoms with van der Waals surface area (Å²) in [6, 6.07) is 6.83. The van der Waals surface area contributed by atoms with Crippen molar-refractivity contribution in [3.05, 3.63) is 41.3 Å². The summed E-state index contributed by atoms with van der Waals surface area (Å²) < 4.78 is 30.9. The molecule has 0 saturated heterocycles. The third kappa shape index (κ3) is 3.08. The van der Waals surface area contributed by atoms with Gasteiger partial charge in [-0.05, 0) is 26.0 Å². The van der Waals surface area contributed by atoms with Gasteiger partial charge in [-0.15, -0.1) is 0 Å². The van der Waals surface area contributed by atoms with Crippen LogP contribution in [-0.2, 0) is 16.6 Å². The molecule has 114 valence electrons. The van der Waals surface area contributed by atoms with Crippen molar-refractivity contribution >= 4 is 15.7 Å². The van der Waals surface area contributed by atoms with Gasteiger partial charge in [0.05, 0.1) is 11.4 Å². The van der Waals surface area contributed by atoms with Gasteiger partial charge in [0.1, 0.15) is 10.7 Å². The third-order valence-electron chi connectivity index (χ3n) is 3.28. The van der Waals surface area contributed by atoms with E-state index < -0.39 is 10.0 Å². The minimum atomic E-state index is -3.49. The SMILES string of the molecule is Cc1noc(C)c1CNc1ccccc1S(=O)(=O)N(C)C. The molecule has 0 aliphatic heterocycles. The molecular weight excluding hydrogens is 290 g/mol. The highest BCUT2D eigenvalue weighted by Crippen LogP contribution is 2.24. The first-order valence-electron chi connectivity index (χ1n) is 6.51. The number of nitrogens with one attached hydrogen (secondary N) is 1. The molecule has 7 heteroatoms. The lowest BCUT2D eigenvalue weighted by atomic mass is 10.2. The molecular formula is C14H19N3O3S. The summed E-state index contributed by atoms with van der Waals surface area (Å²) in [5.41, 5.74) is 2.30. The maximum atomic E-state index is 12.3. The van der Waals surface area contributed by atoms with Gasteiger partial charge < -0.3 is 9.84 Å². The molecule has 0 fully saturated rings. The van der Waals surface area contributed by atoms with Crippen molar-refractivity contribution in [2.45, 2.75) is 25.3 Å². The maximum Gasteiger partial charge on any atom is 0.244 e. The lowest BCUT2D eigenvalue weighted by Gasteiger charge is -2.16. The number of aryl methyl sites for hydroxylation is 2. The van der Waals surface area contributed by atoms with Crippen molar-refractivity contribution in [1.29, 1.82) is 0 Å². The second-order valence-corrected chi connectivity index (χ2v) is 7.06. The Morgan fingerprint density at radius 2 is 1.90 bits per heavy atom. The monoisotopic (exact) mass is 309 g/mol. The predicted octanol–water partition coefficient (Wildman–Crippen LogP) is 2.15. The molecule has 0 radical (unpaired) electrons. The summed E-state index contributed by atoms with van der Waals surface area (Å²) in [5.74, 6) is 0.730. The first-order chi connectivity index (χ1) is 9.84. The molecule has 0 aliphatic carbocycles. The van der Waals surface area contributed by atoms with E-state index in [2.05, 4.69) is 10.5 Å². The molecule has 1 heterocycles. The van der Waals surface area contributed by atoms with Gasteiger partial charge in [0.25, 0.3) is 0 Å². The van der Waals surface area contributed by atoms with Crippen LogP contribution in [0.5, 0.6) is 0 Å². The Morgan fingerprint density at radius 3 is 2.48 bits per heavy atom. The lowest BCUT2D eigenvalue weighted by molar-refractivity contribution is 0.392. The zero-order chi connectivity index (χ0) is 15.6. The molecule has 1 aromatic carbocycles. The van der Waals surface area contributed by atoms with E-state index in [9.17, 15) is 8.42 Å². The van der Waals surface area contributed by atoms with Crippen LogP contribution in [-0.4, -0.2) is 32.0 Å². The maximum absolute atomic E-state index is 12.3. The van der Waals surface area contributed by atoms with Gasteiger partial charge >= 0.3 is 0 Å². The molecule has 2 rings (SSSR count). The van der Waals surface area contributed by atoms with Crippen LogP contribution in [0.4, 0.5) is 5.69 Å². The third-order valence-corrected chi connectivity index (χ3v) is 5.16. The smallest absolute Gasteiger partial charge is 0.244 e. The highest BCUT2D eigenvalue weighted by Gasteiger charge is 2.21. The first kappa shape index (κ1) is 15.5. The van der Waals surface area contributed by atoms with Gasteiger partial charge in [0, 0.05) is 26.2 Å². The van der Waals surface area contributed by atoms with Gasteiger partial charge in [-0.25, -0.2) is 12.7 Å². The van der Waals surface area contributed by atoms with Crippen molar-refractivity contribution in [2.24, 2.45) is 0 Å². The highest BCUT2D eigenvalue weighted by atomic mass is 32.2. The zero-order valence-corrected chi connectivity index (χ0v) is 13.4. The van der Waals surface area contributed by atoms with Crippen LogP contribution in [0.2, 0.25) is 0 Å². The average molecular weight is 309 g/mol. The zero-order valence-electron chi connectivity index (χ0n) is 12.5. The molecule has 1 N–H and O–H groups in total. The fraction of sp³-hybridized carbons (Fsp3) is 0.357. The highest BCUT2D eigenvalue weighted by molar-refractivity contribution is 7.89. The number of anilines is 1. The number of hydrogen-bond donors (Lipinski definition) is 1. The largest absolute Gasteiger partial charge is 0.380 e. The fourth-order valence-corrected chi connectivity index (χ4v) is 3.03. The molecule has 0 aliphatic rings. The van der Waals surface area contributed by atoms with E-state index in [1.807, 2.05) is 13.8 Å². The molecule has 6 nitrogen and oxygen atoms in total. The van der Waals surface area contributed by atoms with E-state index in [4.69, 9.17) is 4.52 Å². The summed E-state index contributed by atoms with van der Waals surface area (Å²) in [4.78, 5) is 0.252. The Morgan fingerprint density at radius 1 is 1.24 bits per heavy atom. The van der Waals surface area contributed by atoms with Crippen molar-refractivity contribution in [1.82, 2.24) is 9.46 Å². The predicted molar refractivity (Wildman–Crippen MR) is 80.6 cm³/mol. The molecule has 0 unspecified atom stereocenters. The summed E-state index contributed by atoms with van der Waals surface area (Å²) in [5, 5.41) is 7.04. The number of sulfonamides is 1. The number of hydrogen-bond acceptors (Lipinski definition) is 5. The van der Waals surface area contributed by atoms with E-state index in [1.165, 1.54) is 18.4 Å². The molecule has 0 amide bonds. The van der Waals surface area contributed by atoms with E-state index in [0.717, 1.165) is 17.0 Å². The Bertz CT molecular complexity index is 716. The Labute approximate surface area is 124 Å². The molecule has 1 aromatic heterocycles. The van der Waals surface area contributed by atoms with Crippen molar-refractivity contribution in [2.75, 3.05) is 19.4 Å². The van der Waals surface area contributed by atoms with Crippen molar-refractivity contribution < 1.29 is 12.9 Å². The summed E-state index contributed by atoms with van der Waals surface area (Å²) >= 11 is 0. The minimum absolute atomic E-state index is 0.252. The Balaban J connectivity index is 2.30. The van der Waals surface area contributed by atoms with Crippen LogP contribution in [0.25, 0.3) is 0 Å². The number of benzene rings is 1. The van der Waals surface area contributed by atoms with Gasteiger partial charge in [-0.3, -0.25) is 0 Å². The number of para-hydroxylation sites is 1. The normalized spacial score (nSPS) is 11.9. The van der Waals surface area contributed by atoms with Crippen molar-refractivity contribution in [3.63, 3.8) is 0 Å². The Hall–Kier alpha value is -1.86. The second kappa shape index (κ2) is 5.87. The van der Waals surface area contributed by atoms with Crippen molar-refractivity contribution in [3.8, 4) is 0 Å². The van der Waals surface area contributed by atoms with E-state index >= 15 is 0 Å². The van der Waals surface area contributed by atoms with Crippen LogP contribution >= 0.6 is 0 Å². The van der Waals surface area contributed by atoms with Crippen LogP contribution in [0.1, 0.15) is 17.0 Å². The quantitative estimate of drug-likeness (QED) is 0.916. The van der Waals surface area contributed by atoms with Gasteiger partial charge in [0.15, 0.2) is 0 Å². The van der Waals surface area contributed by atoms with Crippen LogP contribution in [0, 0.1) is 13.8 Å². The topological polar surface area (TPSA) is 75.4 Å². The number of aromatic nitrogens is 1. The summed E-state index contributed by atoms with van der Waals surface area (Å²) in [6.45, 7) is 4.15. The first-order valence-corrected chi connectivity index (χ1v) is 7.95. The van der Waals surface area contributed by atoms with Gasteiger partial charge in [0.2, 0.25) is 10.0 Å². The Kier molecular flexibility index (Phi) is 4.34. The molecule has 0 spiro atoms. The van der Waals surface area contributed by atoms with Crippen LogP contribution < -0.4 is 5.32 Å². The average Bonchev–Trinajstić information content (AvgIpc) is 2.76. The number of rotatable bonds is 5. The van der Waals surface area contributed by atoms with Gasteiger partial charge in [-0.2, -0.15) is 0 Å². The molecule has 0 atom stereocenters. The van der Waals surface area contributed by atoms with E-state index in [-0.39, 0.29) is 4.90 Å². The standard InChI is InChI=1S/C14H19N3O3S/c1-10-12(11(2)20-16-10)9-15-13-7-5-6-8-14(13)21(18,19)17(3)4/h5-8,15H,9H2,1-4H3. The summed E-state index contributed by atoms with van der Waals surface area (Å²) in [7, 11) is -0.458. The molecule has 0 bridgehead atoms. The van der Waals surface area contributed by atoms with Crippen LogP contribution in [0.3, 0.4) is 0 Å². The lowest BCUT2D eigenvalue weighted by Crippen LogP contribution is -2.23. The van der Waals surface area contributed by atoms with E-state index in [1.54, 1.807) is 24.3 Å².